The fourth-order valence-corrected chi connectivity index (χ4v) is 2.02. The molecule has 6 heteroatoms. The quantitative estimate of drug-likeness (QED) is 0.926. The Hall–Kier alpha value is -1.72. The Morgan fingerprint density at radius 2 is 2.00 bits per heavy atom. The van der Waals surface area contributed by atoms with Crippen molar-refractivity contribution in [3.8, 4) is 5.69 Å². The smallest absolute Gasteiger partial charge is 0.206 e. The summed E-state index contributed by atoms with van der Waals surface area (Å²) in [6.45, 7) is 4.65. The first-order valence-corrected chi connectivity index (χ1v) is 6.37. The van der Waals surface area contributed by atoms with Crippen LogP contribution in [0.25, 0.3) is 5.69 Å². The van der Waals surface area contributed by atoms with E-state index in [2.05, 4.69) is 5.10 Å². The molecule has 0 aliphatic heterocycles. The van der Waals surface area contributed by atoms with Crippen LogP contribution in [-0.4, -0.2) is 14.9 Å². The second-order valence-electron chi connectivity index (χ2n) is 5.07. The monoisotopic (exact) mass is 296 g/mol. The largest absolute Gasteiger partial charge is 0.384 e. The number of benzene rings is 1. The Kier molecular flexibility index (Phi) is 3.67. The molecule has 0 aliphatic rings. The Bertz CT molecular complexity index is 720. The van der Waals surface area contributed by atoms with E-state index in [1.807, 2.05) is 0 Å². The van der Waals surface area contributed by atoms with Crippen LogP contribution in [0.2, 0.25) is 5.02 Å². The molecule has 2 aromatic rings. The van der Waals surface area contributed by atoms with Gasteiger partial charge in [-0.15, -0.1) is 0 Å². The molecule has 0 saturated carbocycles. The van der Waals surface area contributed by atoms with Crippen molar-refractivity contribution in [2.45, 2.75) is 26.4 Å². The van der Waals surface area contributed by atoms with Crippen LogP contribution >= 0.6 is 11.6 Å². The number of aliphatic hydroxyl groups is 1. The summed E-state index contributed by atoms with van der Waals surface area (Å²) in [4.78, 5) is 11.9. The number of aryl methyl sites for hydroxylation is 1. The summed E-state index contributed by atoms with van der Waals surface area (Å²) in [6.07, 6.45) is 0. The minimum absolute atomic E-state index is 0.0172. The zero-order valence-electron chi connectivity index (χ0n) is 11.3. The Balaban J connectivity index is 2.68. The molecule has 1 heterocycles. The second-order valence-corrected chi connectivity index (χ2v) is 5.48. The van der Waals surface area contributed by atoms with E-state index in [-0.39, 0.29) is 16.1 Å². The standard InChI is InChI=1S/C14H14ClFN2O2/c1-8-6-12(19)13(14(2,3)20)17-18(8)9-4-5-11(16)10(15)7-9/h4-7,20H,1-3H3. The van der Waals surface area contributed by atoms with Gasteiger partial charge in [-0.05, 0) is 39.0 Å². The maximum Gasteiger partial charge on any atom is 0.206 e. The Labute approximate surface area is 120 Å². The highest BCUT2D eigenvalue weighted by Gasteiger charge is 2.23. The molecule has 0 spiro atoms. The van der Waals surface area contributed by atoms with Crippen molar-refractivity contribution in [2.75, 3.05) is 0 Å². The summed E-state index contributed by atoms with van der Waals surface area (Å²) in [5.41, 5.74) is -0.621. The molecular weight excluding hydrogens is 283 g/mol. The van der Waals surface area contributed by atoms with Gasteiger partial charge in [0.05, 0.1) is 10.7 Å². The highest BCUT2D eigenvalue weighted by molar-refractivity contribution is 6.30. The number of halogens is 2. The molecule has 1 aromatic heterocycles. The lowest BCUT2D eigenvalue weighted by Gasteiger charge is -2.18. The number of aromatic nitrogens is 2. The van der Waals surface area contributed by atoms with E-state index < -0.39 is 11.4 Å². The maximum atomic E-state index is 13.2. The third-order valence-corrected chi connectivity index (χ3v) is 3.12. The molecular formula is C14H14ClFN2O2. The van der Waals surface area contributed by atoms with Crippen LogP contribution in [0.15, 0.2) is 29.1 Å². The van der Waals surface area contributed by atoms with Crippen molar-refractivity contribution in [3.05, 3.63) is 56.7 Å². The number of hydrogen-bond donors (Lipinski definition) is 1. The molecule has 106 valence electrons. The lowest BCUT2D eigenvalue weighted by Crippen LogP contribution is -2.30. The molecule has 0 amide bonds. The summed E-state index contributed by atoms with van der Waals surface area (Å²) < 4.78 is 14.6. The highest BCUT2D eigenvalue weighted by Crippen LogP contribution is 2.20. The van der Waals surface area contributed by atoms with Gasteiger partial charge in [0.25, 0.3) is 0 Å². The molecule has 0 radical (unpaired) electrons. The van der Waals surface area contributed by atoms with Crippen LogP contribution in [0.4, 0.5) is 4.39 Å². The van der Waals surface area contributed by atoms with Crippen molar-refractivity contribution in [1.82, 2.24) is 9.78 Å². The van der Waals surface area contributed by atoms with Crippen molar-refractivity contribution in [3.63, 3.8) is 0 Å². The molecule has 2 rings (SSSR count). The van der Waals surface area contributed by atoms with Gasteiger partial charge in [0, 0.05) is 11.8 Å². The van der Waals surface area contributed by atoms with Gasteiger partial charge in [-0.25, -0.2) is 9.07 Å². The van der Waals surface area contributed by atoms with Gasteiger partial charge in [-0.3, -0.25) is 4.79 Å². The molecule has 0 bridgehead atoms. The van der Waals surface area contributed by atoms with Crippen LogP contribution in [-0.2, 0) is 5.60 Å². The fourth-order valence-electron chi connectivity index (χ4n) is 1.85. The van der Waals surface area contributed by atoms with E-state index in [1.165, 1.54) is 42.8 Å². The van der Waals surface area contributed by atoms with Crippen LogP contribution in [0.3, 0.4) is 0 Å². The Morgan fingerprint density at radius 1 is 1.35 bits per heavy atom. The minimum Gasteiger partial charge on any atom is -0.384 e. The molecule has 1 aromatic carbocycles. The third kappa shape index (κ3) is 2.73. The number of hydrogen-bond acceptors (Lipinski definition) is 3. The zero-order valence-corrected chi connectivity index (χ0v) is 12.1. The predicted octanol–water partition coefficient (Wildman–Crippen LogP) is 2.56. The van der Waals surface area contributed by atoms with Crippen molar-refractivity contribution < 1.29 is 9.50 Å². The van der Waals surface area contributed by atoms with E-state index in [0.717, 1.165) is 0 Å². The molecule has 20 heavy (non-hydrogen) atoms. The van der Waals surface area contributed by atoms with Gasteiger partial charge in [0.2, 0.25) is 5.43 Å². The molecule has 1 N–H and O–H groups in total. The lowest BCUT2D eigenvalue weighted by atomic mass is 10.0. The minimum atomic E-state index is -1.36. The van der Waals surface area contributed by atoms with Gasteiger partial charge >= 0.3 is 0 Å². The number of rotatable bonds is 2. The topological polar surface area (TPSA) is 55.1 Å². The van der Waals surface area contributed by atoms with Crippen LogP contribution < -0.4 is 5.43 Å². The first-order valence-electron chi connectivity index (χ1n) is 5.99. The number of nitrogens with zero attached hydrogens (tertiary/aromatic N) is 2. The van der Waals surface area contributed by atoms with Crippen LogP contribution in [0.1, 0.15) is 25.2 Å². The summed E-state index contributed by atoms with van der Waals surface area (Å²) in [6, 6.07) is 5.51. The van der Waals surface area contributed by atoms with E-state index in [9.17, 15) is 14.3 Å². The first-order chi connectivity index (χ1) is 9.20. The van der Waals surface area contributed by atoms with Gasteiger partial charge in [0.15, 0.2) is 0 Å². The molecule has 0 unspecified atom stereocenters. The lowest BCUT2D eigenvalue weighted by molar-refractivity contribution is 0.0709. The normalized spacial score (nSPS) is 11.7. The first kappa shape index (κ1) is 14.7. The Morgan fingerprint density at radius 3 is 2.55 bits per heavy atom. The van der Waals surface area contributed by atoms with Crippen LogP contribution in [0, 0.1) is 12.7 Å². The molecule has 0 saturated heterocycles. The summed E-state index contributed by atoms with van der Waals surface area (Å²) in [5.74, 6) is -0.531. The summed E-state index contributed by atoms with van der Waals surface area (Å²) in [5, 5.41) is 14.1. The molecule has 4 nitrogen and oxygen atoms in total. The van der Waals surface area contributed by atoms with Gasteiger partial charge < -0.3 is 5.11 Å². The fraction of sp³-hybridized carbons (Fsp3) is 0.286. The van der Waals surface area contributed by atoms with E-state index in [1.54, 1.807) is 6.92 Å². The zero-order chi connectivity index (χ0) is 15.1. The van der Waals surface area contributed by atoms with E-state index in [0.29, 0.717) is 11.4 Å². The summed E-state index contributed by atoms with van der Waals surface area (Å²) in [7, 11) is 0. The molecule has 0 fully saturated rings. The van der Waals surface area contributed by atoms with Crippen molar-refractivity contribution in [2.24, 2.45) is 0 Å². The molecule has 0 atom stereocenters. The van der Waals surface area contributed by atoms with Crippen molar-refractivity contribution >= 4 is 11.6 Å². The van der Waals surface area contributed by atoms with Crippen LogP contribution in [0.5, 0.6) is 0 Å². The van der Waals surface area contributed by atoms with Gasteiger partial charge in [0.1, 0.15) is 17.1 Å². The average Bonchev–Trinajstić information content (AvgIpc) is 2.31. The van der Waals surface area contributed by atoms with Gasteiger partial charge in [-0.2, -0.15) is 5.10 Å². The SMILES string of the molecule is Cc1cc(=O)c(C(C)(C)O)nn1-c1ccc(F)c(Cl)c1. The third-order valence-electron chi connectivity index (χ3n) is 2.83. The van der Waals surface area contributed by atoms with E-state index >= 15 is 0 Å². The van der Waals surface area contributed by atoms with Crippen molar-refractivity contribution in [1.29, 1.82) is 0 Å². The van der Waals surface area contributed by atoms with Gasteiger partial charge in [-0.1, -0.05) is 11.6 Å². The maximum absolute atomic E-state index is 13.2. The second kappa shape index (κ2) is 5.00. The predicted molar refractivity (Wildman–Crippen MR) is 74.8 cm³/mol. The van der Waals surface area contributed by atoms with E-state index in [4.69, 9.17) is 11.6 Å². The average molecular weight is 297 g/mol. The highest BCUT2D eigenvalue weighted by atomic mass is 35.5. The summed E-state index contributed by atoms with van der Waals surface area (Å²) >= 11 is 5.75. The molecule has 0 aliphatic carbocycles.